The molecule has 24 heavy (non-hydrogen) atoms. The number of rotatable bonds is 2. The van der Waals surface area contributed by atoms with Crippen molar-refractivity contribution in [1.82, 2.24) is 4.90 Å². The number of halogens is 1. The Balaban J connectivity index is 1.53. The number of carbonyl (C=O) groups excluding carboxylic acids is 1. The lowest BCUT2D eigenvalue weighted by molar-refractivity contribution is 0.0631. The van der Waals surface area contributed by atoms with Gasteiger partial charge in [-0.3, -0.25) is 4.79 Å². The molecule has 2 aliphatic rings. The third kappa shape index (κ3) is 2.56. The van der Waals surface area contributed by atoms with Gasteiger partial charge in [0.25, 0.3) is 5.91 Å². The summed E-state index contributed by atoms with van der Waals surface area (Å²) in [5.74, 6) is -0.239. The number of oxime groups is 1. The summed E-state index contributed by atoms with van der Waals surface area (Å²) >= 11 is 0. The zero-order chi connectivity index (χ0) is 16.7. The molecule has 5 heteroatoms. The molecule has 0 aromatic heterocycles. The number of benzene rings is 2. The van der Waals surface area contributed by atoms with Gasteiger partial charge in [-0.2, -0.15) is 0 Å². The average molecular weight is 324 g/mol. The first-order valence-electron chi connectivity index (χ1n) is 7.97. The monoisotopic (exact) mass is 324 g/mol. The molecule has 0 spiro atoms. The second kappa shape index (κ2) is 5.74. The molecule has 1 saturated heterocycles. The largest absolute Gasteiger partial charge is 0.390 e. The number of hydrogen-bond acceptors (Lipinski definition) is 3. The number of carbonyl (C=O) groups is 1. The molecule has 0 aliphatic carbocycles. The summed E-state index contributed by atoms with van der Waals surface area (Å²) in [4.78, 5) is 20.0. The van der Waals surface area contributed by atoms with Crippen LogP contribution in [0.4, 0.5) is 4.39 Å². The first kappa shape index (κ1) is 14.9. The van der Waals surface area contributed by atoms with Crippen molar-refractivity contribution in [2.75, 3.05) is 13.1 Å². The molecule has 2 aromatic carbocycles. The van der Waals surface area contributed by atoms with E-state index >= 15 is 0 Å². The van der Waals surface area contributed by atoms with Gasteiger partial charge in [-0.1, -0.05) is 35.0 Å². The molecule has 0 saturated carbocycles. The van der Waals surface area contributed by atoms with E-state index in [0.717, 1.165) is 16.8 Å². The highest BCUT2D eigenvalue weighted by Gasteiger charge is 2.44. The molecule has 2 heterocycles. The van der Waals surface area contributed by atoms with E-state index < -0.39 is 0 Å². The van der Waals surface area contributed by atoms with Crippen LogP contribution in [0.1, 0.15) is 21.5 Å². The van der Waals surface area contributed by atoms with Crippen molar-refractivity contribution in [3.8, 4) is 0 Å². The minimum absolute atomic E-state index is 0.00940. The molecule has 4 rings (SSSR count). The predicted octanol–water partition coefficient (Wildman–Crippen LogP) is 3.01. The van der Waals surface area contributed by atoms with Gasteiger partial charge in [-0.05, 0) is 31.2 Å². The summed E-state index contributed by atoms with van der Waals surface area (Å²) in [6.07, 6.45) is -0.126. The maximum Gasteiger partial charge on any atom is 0.254 e. The fraction of sp³-hybridized carbons (Fsp3) is 0.263. The Labute approximate surface area is 139 Å². The molecular formula is C19H17FN2O2. The molecule has 4 nitrogen and oxygen atoms in total. The zero-order valence-electron chi connectivity index (χ0n) is 13.3. The summed E-state index contributed by atoms with van der Waals surface area (Å²) in [6, 6.07) is 13.8. The van der Waals surface area contributed by atoms with Gasteiger partial charge in [-0.15, -0.1) is 0 Å². The highest BCUT2D eigenvalue weighted by Crippen LogP contribution is 2.31. The molecule has 0 N–H and O–H groups in total. The lowest BCUT2D eigenvalue weighted by Gasteiger charge is -2.17. The Morgan fingerprint density at radius 2 is 2.00 bits per heavy atom. The van der Waals surface area contributed by atoms with Crippen LogP contribution in [0.2, 0.25) is 0 Å². The van der Waals surface area contributed by atoms with Gasteiger partial charge < -0.3 is 9.74 Å². The van der Waals surface area contributed by atoms with Gasteiger partial charge in [0.15, 0.2) is 6.10 Å². The molecule has 2 atom stereocenters. The lowest BCUT2D eigenvalue weighted by atomic mass is 9.95. The number of amides is 1. The van der Waals surface area contributed by atoms with E-state index in [1.165, 1.54) is 12.1 Å². The first-order valence-corrected chi connectivity index (χ1v) is 7.97. The Hall–Kier alpha value is -2.69. The Morgan fingerprint density at radius 1 is 1.21 bits per heavy atom. The van der Waals surface area contributed by atoms with E-state index in [9.17, 15) is 9.18 Å². The minimum Gasteiger partial charge on any atom is -0.390 e. The molecule has 0 radical (unpaired) electrons. The molecule has 1 amide bonds. The summed E-state index contributed by atoms with van der Waals surface area (Å²) in [6.45, 7) is 3.05. The molecule has 0 bridgehead atoms. The molecular weight excluding hydrogens is 307 g/mol. The van der Waals surface area contributed by atoms with Crippen molar-refractivity contribution < 1.29 is 14.0 Å². The van der Waals surface area contributed by atoms with Gasteiger partial charge in [0.1, 0.15) is 5.82 Å². The topological polar surface area (TPSA) is 41.9 Å². The second-order valence-electron chi connectivity index (χ2n) is 6.31. The van der Waals surface area contributed by atoms with Crippen LogP contribution in [0.3, 0.4) is 0 Å². The van der Waals surface area contributed by atoms with Crippen molar-refractivity contribution in [1.29, 1.82) is 0 Å². The van der Waals surface area contributed by atoms with Crippen LogP contribution in [0.5, 0.6) is 0 Å². The van der Waals surface area contributed by atoms with E-state index in [4.69, 9.17) is 4.84 Å². The van der Waals surface area contributed by atoms with Crippen molar-refractivity contribution in [3.05, 3.63) is 71.0 Å². The Morgan fingerprint density at radius 3 is 2.75 bits per heavy atom. The third-order valence-electron chi connectivity index (χ3n) is 4.60. The summed E-state index contributed by atoms with van der Waals surface area (Å²) in [5.41, 5.74) is 3.38. The second-order valence-corrected chi connectivity index (χ2v) is 6.31. The minimum atomic E-state index is -0.280. The van der Waals surface area contributed by atoms with Crippen molar-refractivity contribution in [2.45, 2.75) is 13.0 Å². The highest BCUT2D eigenvalue weighted by molar-refractivity contribution is 6.04. The van der Waals surface area contributed by atoms with E-state index in [0.29, 0.717) is 18.7 Å². The van der Waals surface area contributed by atoms with E-state index in [-0.39, 0.29) is 23.7 Å². The molecule has 122 valence electrons. The molecule has 2 unspecified atom stereocenters. The van der Waals surface area contributed by atoms with Crippen molar-refractivity contribution in [2.24, 2.45) is 11.1 Å². The van der Waals surface area contributed by atoms with Crippen LogP contribution in [0.15, 0.2) is 53.7 Å². The summed E-state index contributed by atoms with van der Waals surface area (Å²) in [7, 11) is 0. The maximum atomic E-state index is 13.1. The summed E-state index contributed by atoms with van der Waals surface area (Å²) < 4.78 is 13.1. The number of nitrogens with zero attached hydrogens (tertiary/aromatic N) is 2. The summed E-state index contributed by atoms with van der Waals surface area (Å²) in [5, 5.41) is 4.16. The van der Waals surface area contributed by atoms with E-state index in [1.54, 1.807) is 12.1 Å². The lowest BCUT2D eigenvalue weighted by Crippen LogP contribution is -2.30. The number of fused-ring (bicyclic) bond motifs is 1. The van der Waals surface area contributed by atoms with Crippen LogP contribution >= 0.6 is 0 Å². The van der Waals surface area contributed by atoms with Crippen LogP contribution in [-0.2, 0) is 4.84 Å². The Bertz CT molecular complexity index is 816. The molecule has 2 aliphatic heterocycles. The van der Waals surface area contributed by atoms with E-state index in [2.05, 4.69) is 5.16 Å². The van der Waals surface area contributed by atoms with Crippen LogP contribution < -0.4 is 0 Å². The van der Waals surface area contributed by atoms with Gasteiger partial charge in [0, 0.05) is 17.7 Å². The third-order valence-corrected chi connectivity index (χ3v) is 4.60. The van der Waals surface area contributed by atoms with Gasteiger partial charge in [0.2, 0.25) is 0 Å². The number of hydrogen-bond donors (Lipinski definition) is 0. The van der Waals surface area contributed by atoms with E-state index in [1.807, 2.05) is 36.1 Å². The van der Waals surface area contributed by atoms with Crippen LogP contribution in [0, 0.1) is 18.7 Å². The number of aryl methyl sites for hydroxylation is 1. The SMILES string of the molecule is Cc1cccc(C(=O)N2CC3ON=C(c4ccc(F)cc4)C3C2)c1. The van der Waals surface area contributed by atoms with Gasteiger partial charge in [-0.25, -0.2) is 4.39 Å². The van der Waals surface area contributed by atoms with Crippen molar-refractivity contribution >= 4 is 11.6 Å². The number of likely N-dealkylation sites (tertiary alicyclic amines) is 1. The zero-order valence-corrected chi connectivity index (χ0v) is 13.3. The smallest absolute Gasteiger partial charge is 0.254 e. The first-order chi connectivity index (χ1) is 11.6. The van der Waals surface area contributed by atoms with Gasteiger partial charge in [0.05, 0.1) is 18.2 Å². The molecule has 2 aromatic rings. The molecule has 1 fully saturated rings. The van der Waals surface area contributed by atoms with Crippen LogP contribution in [0.25, 0.3) is 0 Å². The quantitative estimate of drug-likeness (QED) is 0.852. The normalized spacial score (nSPS) is 22.1. The predicted molar refractivity (Wildman–Crippen MR) is 88.4 cm³/mol. The average Bonchev–Trinajstić information content (AvgIpc) is 3.15. The van der Waals surface area contributed by atoms with Crippen LogP contribution in [-0.4, -0.2) is 35.7 Å². The Kier molecular flexibility index (Phi) is 3.56. The fourth-order valence-corrected chi connectivity index (χ4v) is 3.35. The fourth-order valence-electron chi connectivity index (χ4n) is 3.35. The highest BCUT2D eigenvalue weighted by atomic mass is 19.1. The standard InChI is InChI=1S/C19H17FN2O2/c1-12-3-2-4-14(9-12)19(23)22-10-16-17(11-22)24-21-18(16)13-5-7-15(20)8-6-13/h2-9,16-17H,10-11H2,1H3. The maximum absolute atomic E-state index is 13.1. The van der Waals surface area contributed by atoms with Gasteiger partial charge >= 0.3 is 0 Å². The van der Waals surface area contributed by atoms with Crippen molar-refractivity contribution in [3.63, 3.8) is 0 Å².